The van der Waals surface area contributed by atoms with E-state index in [1.165, 1.54) is 0 Å². The molecule has 0 atom stereocenters. The van der Waals surface area contributed by atoms with Crippen molar-refractivity contribution in [2.45, 2.75) is 6.92 Å². The van der Waals surface area contributed by atoms with Crippen LogP contribution in [0.5, 0.6) is 0 Å². The first-order valence-electron chi connectivity index (χ1n) is 3.68. The summed E-state index contributed by atoms with van der Waals surface area (Å²) in [4.78, 5) is 3.23. The molecule has 0 aliphatic carbocycles. The van der Waals surface area contributed by atoms with E-state index in [9.17, 15) is 8.78 Å². The maximum absolute atomic E-state index is 11.9. The van der Waals surface area contributed by atoms with Gasteiger partial charge in [0.15, 0.2) is 0 Å². The van der Waals surface area contributed by atoms with Crippen LogP contribution in [-0.2, 0) is 0 Å². The van der Waals surface area contributed by atoms with Gasteiger partial charge in [0, 0.05) is 6.07 Å². The van der Waals surface area contributed by atoms with E-state index < -0.39 is 11.6 Å². The number of halogens is 2. The maximum atomic E-state index is 11.9. The SMILES string of the molecule is Cc1cnon1.Fc1cncc(F)c1. The Hall–Kier alpha value is -1.85. The summed E-state index contributed by atoms with van der Waals surface area (Å²) >= 11 is 0. The molecular formula is C8H7F2N3O. The molecule has 0 bridgehead atoms. The molecule has 0 spiro atoms. The van der Waals surface area contributed by atoms with Gasteiger partial charge in [0.2, 0.25) is 0 Å². The molecule has 0 unspecified atom stereocenters. The van der Waals surface area contributed by atoms with Crippen LogP contribution in [-0.4, -0.2) is 15.3 Å². The molecule has 0 amide bonds. The van der Waals surface area contributed by atoms with Crippen molar-refractivity contribution in [3.8, 4) is 0 Å². The summed E-state index contributed by atoms with van der Waals surface area (Å²) in [5, 5.41) is 6.77. The van der Waals surface area contributed by atoms with Crippen molar-refractivity contribution in [2.24, 2.45) is 0 Å². The highest BCUT2D eigenvalue weighted by Crippen LogP contribution is 1.96. The number of aromatic nitrogens is 3. The zero-order valence-corrected chi connectivity index (χ0v) is 7.32. The van der Waals surface area contributed by atoms with Gasteiger partial charge in [-0.1, -0.05) is 10.3 Å². The number of hydrogen-bond acceptors (Lipinski definition) is 4. The molecule has 4 nitrogen and oxygen atoms in total. The van der Waals surface area contributed by atoms with E-state index in [1.54, 1.807) is 6.20 Å². The molecule has 0 fully saturated rings. The minimum absolute atomic E-state index is 0.648. The Morgan fingerprint density at radius 3 is 2.00 bits per heavy atom. The number of nitrogens with zero attached hydrogens (tertiary/aromatic N) is 3. The summed E-state index contributed by atoms with van der Waals surface area (Å²) in [6, 6.07) is 0.771. The van der Waals surface area contributed by atoms with E-state index >= 15 is 0 Å². The largest absolute Gasteiger partial charge is 0.259 e. The summed E-state index contributed by atoms with van der Waals surface area (Å²) in [5.41, 5.74) is 0.815. The molecule has 0 N–H and O–H groups in total. The van der Waals surface area contributed by atoms with Crippen LogP contribution in [0, 0.1) is 18.6 Å². The second-order valence-electron chi connectivity index (χ2n) is 2.37. The minimum atomic E-state index is -0.648. The summed E-state index contributed by atoms with van der Waals surface area (Å²) in [6.07, 6.45) is 3.45. The molecule has 2 rings (SSSR count). The molecule has 2 aromatic rings. The summed E-state index contributed by atoms with van der Waals surface area (Å²) in [5.74, 6) is -1.30. The third-order valence-electron chi connectivity index (χ3n) is 1.14. The van der Waals surface area contributed by atoms with Gasteiger partial charge in [0.25, 0.3) is 0 Å². The first kappa shape index (κ1) is 10.2. The van der Waals surface area contributed by atoms with Gasteiger partial charge in [0.05, 0.1) is 18.6 Å². The van der Waals surface area contributed by atoms with Gasteiger partial charge in [-0.2, -0.15) is 0 Å². The van der Waals surface area contributed by atoms with E-state index in [0.717, 1.165) is 24.2 Å². The highest BCUT2D eigenvalue weighted by atomic mass is 19.1. The monoisotopic (exact) mass is 199 g/mol. The third kappa shape index (κ3) is 3.70. The number of rotatable bonds is 0. The fourth-order valence-corrected chi connectivity index (χ4v) is 0.597. The summed E-state index contributed by atoms with van der Waals surface area (Å²) in [7, 11) is 0. The second kappa shape index (κ2) is 5.00. The second-order valence-corrected chi connectivity index (χ2v) is 2.37. The van der Waals surface area contributed by atoms with E-state index in [1.807, 2.05) is 6.92 Å². The van der Waals surface area contributed by atoms with Gasteiger partial charge < -0.3 is 0 Å². The van der Waals surface area contributed by atoms with Crippen molar-refractivity contribution in [3.05, 3.63) is 42.0 Å². The molecule has 14 heavy (non-hydrogen) atoms. The van der Waals surface area contributed by atoms with Crippen molar-refractivity contribution in [1.29, 1.82) is 0 Å². The lowest BCUT2D eigenvalue weighted by atomic mass is 10.5. The van der Waals surface area contributed by atoms with Crippen molar-refractivity contribution in [2.75, 3.05) is 0 Å². The van der Waals surface area contributed by atoms with Gasteiger partial charge in [-0.25, -0.2) is 13.4 Å². The standard InChI is InChI=1S/C5H3F2N.C3H4N2O/c6-4-1-5(7)3-8-2-4;1-3-2-4-6-5-3/h1-3H;2H,1H3. The van der Waals surface area contributed by atoms with Crippen molar-refractivity contribution < 1.29 is 13.4 Å². The Bertz CT molecular complexity index is 361. The number of pyridine rings is 1. The fourth-order valence-electron chi connectivity index (χ4n) is 0.597. The third-order valence-corrected chi connectivity index (χ3v) is 1.14. The minimum Gasteiger partial charge on any atom is -0.259 e. The Balaban J connectivity index is 0.000000146. The zero-order valence-electron chi connectivity index (χ0n) is 7.32. The molecule has 0 radical (unpaired) electrons. The molecule has 0 saturated heterocycles. The van der Waals surface area contributed by atoms with Crippen molar-refractivity contribution in [1.82, 2.24) is 15.3 Å². The average molecular weight is 199 g/mol. The molecule has 0 aliphatic heterocycles. The van der Waals surface area contributed by atoms with Crippen LogP contribution in [0.1, 0.15) is 5.69 Å². The summed E-state index contributed by atoms with van der Waals surface area (Å²) < 4.78 is 27.9. The molecule has 74 valence electrons. The first-order valence-corrected chi connectivity index (χ1v) is 3.68. The maximum Gasteiger partial charge on any atom is 0.144 e. The van der Waals surface area contributed by atoms with E-state index in [2.05, 4.69) is 19.9 Å². The Morgan fingerprint density at radius 1 is 1.14 bits per heavy atom. The van der Waals surface area contributed by atoms with Gasteiger partial charge in [-0.05, 0) is 6.92 Å². The molecule has 0 aromatic carbocycles. The van der Waals surface area contributed by atoms with Crippen LogP contribution >= 0.6 is 0 Å². The molecular weight excluding hydrogens is 192 g/mol. The van der Waals surface area contributed by atoms with Crippen LogP contribution in [0.2, 0.25) is 0 Å². The zero-order chi connectivity index (χ0) is 10.4. The predicted octanol–water partition coefficient (Wildman–Crippen LogP) is 1.74. The van der Waals surface area contributed by atoms with E-state index in [-0.39, 0.29) is 0 Å². The number of aryl methyl sites for hydroxylation is 1. The quantitative estimate of drug-likeness (QED) is 0.648. The van der Waals surface area contributed by atoms with Gasteiger partial charge in [0.1, 0.15) is 17.3 Å². The van der Waals surface area contributed by atoms with Crippen molar-refractivity contribution in [3.63, 3.8) is 0 Å². The van der Waals surface area contributed by atoms with E-state index in [0.29, 0.717) is 0 Å². The predicted molar refractivity (Wildman–Crippen MR) is 43.2 cm³/mol. The molecule has 2 aromatic heterocycles. The highest BCUT2D eigenvalue weighted by Gasteiger charge is 1.89. The Morgan fingerprint density at radius 2 is 1.79 bits per heavy atom. The average Bonchev–Trinajstić information content (AvgIpc) is 2.56. The van der Waals surface area contributed by atoms with Crippen molar-refractivity contribution >= 4 is 0 Å². The van der Waals surface area contributed by atoms with Gasteiger partial charge >= 0.3 is 0 Å². The summed E-state index contributed by atoms with van der Waals surface area (Å²) in [6.45, 7) is 1.82. The van der Waals surface area contributed by atoms with Crippen LogP contribution in [0.4, 0.5) is 8.78 Å². The first-order chi connectivity index (χ1) is 6.68. The van der Waals surface area contributed by atoms with Gasteiger partial charge in [-0.3, -0.25) is 4.98 Å². The van der Waals surface area contributed by atoms with E-state index in [4.69, 9.17) is 0 Å². The highest BCUT2D eigenvalue weighted by molar-refractivity contribution is 4.95. The molecule has 0 aliphatic rings. The number of hydrogen-bond donors (Lipinski definition) is 0. The Kier molecular flexibility index (Phi) is 3.66. The van der Waals surface area contributed by atoms with Crippen LogP contribution < -0.4 is 0 Å². The molecule has 0 saturated carbocycles. The van der Waals surface area contributed by atoms with Gasteiger partial charge in [-0.15, -0.1) is 0 Å². The Labute approximate surface area is 78.5 Å². The lowest BCUT2D eigenvalue weighted by Gasteiger charge is -1.83. The topological polar surface area (TPSA) is 51.8 Å². The molecule has 2 heterocycles. The van der Waals surface area contributed by atoms with Crippen LogP contribution in [0.25, 0.3) is 0 Å². The lowest BCUT2D eigenvalue weighted by molar-refractivity contribution is 0.304. The van der Waals surface area contributed by atoms with Crippen LogP contribution in [0.15, 0.2) is 29.3 Å². The lowest BCUT2D eigenvalue weighted by Crippen LogP contribution is -1.78. The molecule has 6 heteroatoms. The fraction of sp³-hybridized carbons (Fsp3) is 0.125. The normalized spacial score (nSPS) is 9.07. The van der Waals surface area contributed by atoms with Crippen LogP contribution in [0.3, 0.4) is 0 Å². The smallest absolute Gasteiger partial charge is 0.144 e.